The highest BCUT2D eigenvalue weighted by Gasteiger charge is 2.23. The first kappa shape index (κ1) is 16.4. The molecule has 2 rings (SSSR count). The third kappa shape index (κ3) is 4.27. The van der Waals surface area contributed by atoms with E-state index in [1.54, 1.807) is 0 Å². The molecule has 0 bridgehead atoms. The summed E-state index contributed by atoms with van der Waals surface area (Å²) in [6.07, 6.45) is 5.67. The average Bonchev–Trinajstić information content (AvgIpc) is 2.33. The molecule has 21 heavy (non-hydrogen) atoms. The van der Waals surface area contributed by atoms with Gasteiger partial charge < -0.3 is 4.74 Å². The van der Waals surface area contributed by atoms with Gasteiger partial charge in [-0.1, -0.05) is 0 Å². The molecule has 1 unspecified atom stereocenters. The number of aromatic nitrogens is 1. The van der Waals surface area contributed by atoms with Crippen LogP contribution >= 0.6 is 0 Å². The molecule has 0 aliphatic heterocycles. The largest absolute Gasteiger partial charge is 0.474 e. The maximum absolute atomic E-state index is 12.1. The summed E-state index contributed by atoms with van der Waals surface area (Å²) in [6.45, 7) is 9.90. The molecule has 2 atom stereocenters. The highest BCUT2D eigenvalue weighted by molar-refractivity contribution is 7.84. The minimum absolute atomic E-state index is 0.00555. The minimum Gasteiger partial charge on any atom is -0.474 e. The van der Waals surface area contributed by atoms with Crippen molar-refractivity contribution >= 4 is 11.0 Å². The van der Waals surface area contributed by atoms with Crippen molar-refractivity contribution in [3.8, 4) is 5.88 Å². The van der Waals surface area contributed by atoms with Gasteiger partial charge in [0.25, 0.3) is 0 Å². The fourth-order valence-corrected chi connectivity index (χ4v) is 2.81. The van der Waals surface area contributed by atoms with Crippen LogP contribution in [0.1, 0.15) is 64.1 Å². The van der Waals surface area contributed by atoms with E-state index in [1.165, 1.54) is 6.42 Å². The van der Waals surface area contributed by atoms with Crippen molar-refractivity contribution in [1.29, 1.82) is 0 Å². The molecule has 1 aromatic heterocycles. The maximum atomic E-state index is 12.1. The van der Waals surface area contributed by atoms with Crippen LogP contribution < -0.4 is 9.46 Å². The summed E-state index contributed by atoms with van der Waals surface area (Å²) in [6, 6.07) is 2.06. The van der Waals surface area contributed by atoms with Crippen molar-refractivity contribution in [1.82, 2.24) is 9.71 Å². The van der Waals surface area contributed by atoms with Crippen molar-refractivity contribution in [2.24, 2.45) is 0 Å². The highest BCUT2D eigenvalue weighted by atomic mass is 32.2. The molecule has 1 aliphatic rings. The molecule has 1 aliphatic carbocycles. The van der Waals surface area contributed by atoms with Gasteiger partial charge >= 0.3 is 0 Å². The van der Waals surface area contributed by atoms with E-state index in [0.29, 0.717) is 6.10 Å². The normalized spacial score (nSPS) is 18.9. The molecular formula is C16H26N2O2S. The Labute approximate surface area is 130 Å². The zero-order chi connectivity index (χ0) is 15.6. The van der Waals surface area contributed by atoms with Crippen molar-refractivity contribution in [2.75, 3.05) is 0 Å². The summed E-state index contributed by atoms with van der Waals surface area (Å²) < 4.78 is 20.9. The smallest absolute Gasteiger partial charge is 0.216 e. The lowest BCUT2D eigenvalue weighted by molar-refractivity contribution is 0.113. The van der Waals surface area contributed by atoms with Crippen LogP contribution in [-0.4, -0.2) is 20.0 Å². The van der Waals surface area contributed by atoms with E-state index in [9.17, 15) is 4.21 Å². The molecule has 1 N–H and O–H groups in total. The van der Waals surface area contributed by atoms with Gasteiger partial charge in [-0.15, -0.1) is 0 Å². The Morgan fingerprint density at radius 3 is 2.57 bits per heavy atom. The number of rotatable bonds is 5. The first-order valence-electron chi connectivity index (χ1n) is 7.58. The van der Waals surface area contributed by atoms with Crippen molar-refractivity contribution in [3.63, 3.8) is 0 Å². The molecule has 1 saturated carbocycles. The van der Waals surface area contributed by atoms with E-state index in [-0.39, 0.29) is 10.8 Å². The van der Waals surface area contributed by atoms with Gasteiger partial charge in [0.15, 0.2) is 0 Å². The number of nitrogens with zero attached hydrogens (tertiary/aromatic N) is 1. The standard InChI is InChI=1S/C16H26N2O2S/c1-11-9-13(12(2)18-21(19)16(3,4)5)10-17-15(11)20-14-7-6-8-14/h9-10,12,14,18H,6-8H2,1-5H3/t12?,21-/m1/s1. The predicted octanol–water partition coefficient (Wildman–Crippen LogP) is 3.43. The highest BCUT2D eigenvalue weighted by Crippen LogP contribution is 2.27. The monoisotopic (exact) mass is 310 g/mol. The van der Waals surface area contributed by atoms with Crippen molar-refractivity contribution in [2.45, 2.75) is 70.8 Å². The number of nitrogens with one attached hydrogen (secondary N) is 1. The fourth-order valence-electron chi connectivity index (χ4n) is 2.00. The summed E-state index contributed by atoms with van der Waals surface area (Å²) in [5, 5.41) is 0. The van der Waals surface area contributed by atoms with E-state index in [4.69, 9.17) is 4.74 Å². The number of aryl methyl sites for hydroxylation is 1. The van der Waals surface area contributed by atoms with Gasteiger partial charge in [-0.05, 0) is 65.5 Å². The average molecular weight is 310 g/mol. The summed E-state index contributed by atoms with van der Waals surface area (Å²) >= 11 is 0. The summed E-state index contributed by atoms with van der Waals surface area (Å²) in [7, 11) is -1.09. The van der Waals surface area contributed by atoms with E-state index >= 15 is 0 Å². The number of hydrogen-bond acceptors (Lipinski definition) is 3. The second-order valence-corrected chi connectivity index (χ2v) is 8.78. The molecular weight excluding hydrogens is 284 g/mol. The topological polar surface area (TPSA) is 51.2 Å². The summed E-state index contributed by atoms with van der Waals surface area (Å²) in [5.41, 5.74) is 2.07. The lowest BCUT2D eigenvalue weighted by Gasteiger charge is -2.27. The van der Waals surface area contributed by atoms with Gasteiger partial charge in [-0.3, -0.25) is 0 Å². The molecule has 4 nitrogen and oxygen atoms in total. The molecule has 1 aromatic rings. The van der Waals surface area contributed by atoms with Crippen molar-refractivity contribution < 1.29 is 8.95 Å². The lowest BCUT2D eigenvalue weighted by atomic mass is 9.96. The molecule has 1 fully saturated rings. The summed E-state index contributed by atoms with van der Waals surface area (Å²) in [4.78, 5) is 4.43. The Balaban J connectivity index is 2.03. The number of pyridine rings is 1. The molecule has 0 radical (unpaired) electrons. The minimum atomic E-state index is -1.09. The van der Waals surface area contributed by atoms with Crippen LogP contribution in [0.25, 0.3) is 0 Å². The van der Waals surface area contributed by atoms with E-state index in [1.807, 2.05) is 40.8 Å². The van der Waals surface area contributed by atoms with Gasteiger partial charge in [0.05, 0.1) is 15.7 Å². The maximum Gasteiger partial charge on any atom is 0.216 e. The molecule has 0 spiro atoms. The third-order valence-corrected chi connectivity index (χ3v) is 5.40. The van der Waals surface area contributed by atoms with Crippen LogP contribution in [0, 0.1) is 6.92 Å². The van der Waals surface area contributed by atoms with Crippen molar-refractivity contribution in [3.05, 3.63) is 23.4 Å². The molecule has 0 amide bonds. The SMILES string of the molecule is Cc1cc(C(C)N[S@](=O)C(C)(C)C)cnc1OC1CCC1. The molecule has 1 heterocycles. The van der Waals surface area contributed by atoms with Gasteiger partial charge in [0.1, 0.15) is 6.10 Å². The van der Waals surface area contributed by atoms with Crippen LogP contribution in [-0.2, 0) is 11.0 Å². The molecule has 5 heteroatoms. The quantitative estimate of drug-likeness (QED) is 0.906. The zero-order valence-electron chi connectivity index (χ0n) is 13.6. The van der Waals surface area contributed by atoms with Crippen LogP contribution in [0.2, 0.25) is 0 Å². The third-order valence-electron chi connectivity index (χ3n) is 3.72. The second kappa shape index (κ2) is 6.44. The van der Waals surface area contributed by atoms with Crippen LogP contribution in [0.15, 0.2) is 12.3 Å². The Hall–Kier alpha value is -0.940. The molecule has 118 valence electrons. The second-order valence-electron chi connectivity index (χ2n) is 6.78. The zero-order valence-corrected chi connectivity index (χ0v) is 14.4. The van der Waals surface area contributed by atoms with E-state index < -0.39 is 11.0 Å². The molecule has 0 aromatic carbocycles. The Bertz CT molecular complexity index is 521. The van der Waals surface area contributed by atoms with Gasteiger partial charge in [-0.25, -0.2) is 13.9 Å². The van der Waals surface area contributed by atoms with Gasteiger partial charge in [-0.2, -0.15) is 0 Å². The first-order chi connectivity index (χ1) is 9.77. The van der Waals surface area contributed by atoms with Gasteiger partial charge in [0, 0.05) is 17.8 Å². The Morgan fingerprint density at radius 2 is 2.10 bits per heavy atom. The lowest BCUT2D eigenvalue weighted by Crippen LogP contribution is -2.34. The molecule has 0 saturated heterocycles. The number of ether oxygens (including phenoxy) is 1. The Morgan fingerprint density at radius 1 is 1.43 bits per heavy atom. The summed E-state index contributed by atoms with van der Waals surface area (Å²) in [5.74, 6) is 0.729. The fraction of sp³-hybridized carbons (Fsp3) is 0.688. The van der Waals surface area contributed by atoms with Crippen LogP contribution in [0.5, 0.6) is 5.88 Å². The van der Waals surface area contributed by atoms with Crippen LogP contribution in [0.3, 0.4) is 0 Å². The van der Waals surface area contributed by atoms with E-state index in [2.05, 4.69) is 15.8 Å². The Kier molecular flexibility index (Phi) is 5.04. The van der Waals surface area contributed by atoms with Gasteiger partial charge in [0.2, 0.25) is 5.88 Å². The van der Waals surface area contributed by atoms with E-state index in [0.717, 1.165) is 29.8 Å². The van der Waals surface area contributed by atoms with Crippen LogP contribution in [0.4, 0.5) is 0 Å². The first-order valence-corrected chi connectivity index (χ1v) is 8.73. The number of hydrogen-bond donors (Lipinski definition) is 1. The predicted molar refractivity (Wildman–Crippen MR) is 86.7 cm³/mol.